The molecule has 1 fully saturated rings. The third kappa shape index (κ3) is 5.37. The maximum Gasteiger partial charge on any atom is 0.329 e. The van der Waals surface area contributed by atoms with Crippen molar-refractivity contribution in [2.24, 2.45) is 11.8 Å². The number of aliphatic hydroxyl groups excluding tert-OH is 1. The van der Waals surface area contributed by atoms with Gasteiger partial charge in [0.1, 0.15) is 11.3 Å². The van der Waals surface area contributed by atoms with E-state index in [1.54, 1.807) is 18.3 Å². The minimum absolute atomic E-state index is 0.0452. The van der Waals surface area contributed by atoms with Gasteiger partial charge in [-0.2, -0.15) is 0 Å². The molecule has 206 valence electrons. The lowest BCUT2D eigenvalue weighted by Gasteiger charge is -2.47. The molecule has 1 heterocycles. The number of aliphatic hydroxyl groups is 1. The third-order valence-corrected chi connectivity index (χ3v) is 9.27. The second-order valence-corrected chi connectivity index (χ2v) is 11.9. The van der Waals surface area contributed by atoms with Gasteiger partial charge in [-0.25, -0.2) is 4.79 Å². The molecule has 0 saturated heterocycles. The van der Waals surface area contributed by atoms with E-state index < -0.39 is 11.5 Å². The largest absolute Gasteiger partial charge is 0.493 e. The minimum atomic E-state index is -1.02. The Morgan fingerprint density at radius 3 is 2.64 bits per heavy atom. The second-order valence-electron chi connectivity index (χ2n) is 11.4. The van der Waals surface area contributed by atoms with Gasteiger partial charge in [0, 0.05) is 22.5 Å². The van der Waals surface area contributed by atoms with E-state index in [4.69, 9.17) is 16.3 Å². The second kappa shape index (κ2) is 11.2. The van der Waals surface area contributed by atoms with Gasteiger partial charge in [-0.05, 0) is 98.1 Å². The maximum atomic E-state index is 12.6. The summed E-state index contributed by atoms with van der Waals surface area (Å²) in [5.74, 6) is 0.679. The minimum Gasteiger partial charge on any atom is -0.493 e. The molecule has 6 nitrogen and oxygen atoms in total. The number of carboxylic acids is 1. The lowest BCUT2D eigenvalue weighted by atomic mass is 9.59. The summed E-state index contributed by atoms with van der Waals surface area (Å²) in [7, 11) is 0. The van der Waals surface area contributed by atoms with E-state index in [0.717, 1.165) is 42.7 Å². The Morgan fingerprint density at radius 2 is 1.92 bits per heavy atom. The Bertz CT molecular complexity index is 1340. The number of halogens is 1. The number of pyridine rings is 1. The van der Waals surface area contributed by atoms with Crippen molar-refractivity contribution in [1.82, 2.24) is 4.98 Å². The molecule has 1 unspecified atom stereocenters. The number of aromatic nitrogens is 1. The molecule has 7 heteroatoms. The van der Waals surface area contributed by atoms with Crippen LogP contribution in [0.25, 0.3) is 0 Å². The van der Waals surface area contributed by atoms with Crippen molar-refractivity contribution >= 4 is 23.3 Å². The van der Waals surface area contributed by atoms with Crippen LogP contribution in [0.1, 0.15) is 61.4 Å². The summed E-state index contributed by atoms with van der Waals surface area (Å²) in [6, 6.07) is 17.9. The van der Waals surface area contributed by atoms with Gasteiger partial charge in [0.15, 0.2) is 0 Å². The van der Waals surface area contributed by atoms with E-state index in [9.17, 15) is 15.0 Å². The highest BCUT2D eigenvalue weighted by Crippen LogP contribution is 2.56. The first-order valence-electron chi connectivity index (χ1n) is 13.8. The average molecular weight is 549 g/mol. The number of fused-ring (bicyclic) bond motifs is 2. The van der Waals surface area contributed by atoms with Crippen LogP contribution in [0.5, 0.6) is 5.75 Å². The average Bonchev–Trinajstić information content (AvgIpc) is 3.22. The van der Waals surface area contributed by atoms with Gasteiger partial charge in [0.2, 0.25) is 0 Å². The molecule has 2 aliphatic carbocycles. The summed E-state index contributed by atoms with van der Waals surface area (Å²) in [6.07, 6.45) is 6.39. The van der Waals surface area contributed by atoms with E-state index in [1.165, 1.54) is 11.1 Å². The molecule has 2 aromatic carbocycles. The Balaban J connectivity index is 1.33. The van der Waals surface area contributed by atoms with Crippen molar-refractivity contribution in [2.45, 2.75) is 69.9 Å². The Labute approximate surface area is 235 Å². The zero-order chi connectivity index (χ0) is 27.6. The number of rotatable bonds is 9. The van der Waals surface area contributed by atoms with Crippen LogP contribution in [-0.2, 0) is 23.2 Å². The summed E-state index contributed by atoms with van der Waals surface area (Å²) in [5, 5.41) is 23.8. The molecule has 3 N–H and O–H groups in total. The van der Waals surface area contributed by atoms with Crippen LogP contribution in [0.2, 0.25) is 5.02 Å². The predicted octanol–water partition coefficient (Wildman–Crippen LogP) is 6.56. The molecule has 0 bridgehead atoms. The first kappa shape index (κ1) is 27.5. The molecule has 39 heavy (non-hydrogen) atoms. The number of nitrogens with one attached hydrogen (secondary N) is 1. The summed E-state index contributed by atoms with van der Waals surface area (Å²) in [5.41, 5.74) is 3.97. The van der Waals surface area contributed by atoms with E-state index in [-0.39, 0.29) is 12.0 Å². The lowest BCUT2D eigenvalue weighted by molar-refractivity contribution is -0.144. The number of aliphatic carboxylic acids is 1. The quantitative estimate of drug-likeness (QED) is 0.280. The van der Waals surface area contributed by atoms with Gasteiger partial charge >= 0.3 is 5.97 Å². The van der Waals surface area contributed by atoms with Crippen molar-refractivity contribution in [1.29, 1.82) is 0 Å². The number of benzene rings is 2. The Morgan fingerprint density at radius 1 is 1.15 bits per heavy atom. The van der Waals surface area contributed by atoms with E-state index in [1.807, 2.05) is 25.1 Å². The monoisotopic (exact) mass is 548 g/mol. The molecule has 2 atom stereocenters. The first-order chi connectivity index (χ1) is 18.8. The van der Waals surface area contributed by atoms with E-state index in [2.05, 4.69) is 41.5 Å². The summed E-state index contributed by atoms with van der Waals surface area (Å²) >= 11 is 6.19. The number of anilines is 1. The van der Waals surface area contributed by atoms with Crippen molar-refractivity contribution in [2.75, 3.05) is 11.9 Å². The van der Waals surface area contributed by atoms with Gasteiger partial charge in [0.25, 0.3) is 0 Å². The summed E-state index contributed by atoms with van der Waals surface area (Å²) in [4.78, 5) is 16.9. The Kier molecular flexibility index (Phi) is 7.88. The zero-order valence-corrected chi connectivity index (χ0v) is 23.4. The highest BCUT2D eigenvalue weighted by atomic mass is 35.5. The van der Waals surface area contributed by atoms with Crippen LogP contribution in [0, 0.1) is 18.8 Å². The van der Waals surface area contributed by atoms with E-state index >= 15 is 0 Å². The molecular formula is C32H37ClN2O4. The lowest BCUT2D eigenvalue weighted by Crippen LogP contribution is -2.53. The third-order valence-electron chi connectivity index (χ3n) is 9.03. The molecule has 0 radical (unpaired) electrons. The number of nitrogens with zero attached hydrogens (tertiary/aromatic N) is 1. The molecule has 1 aromatic heterocycles. The number of ether oxygens (including phenoxy) is 1. The zero-order valence-electron chi connectivity index (χ0n) is 22.6. The van der Waals surface area contributed by atoms with Crippen LogP contribution < -0.4 is 10.1 Å². The van der Waals surface area contributed by atoms with Crippen LogP contribution >= 0.6 is 11.6 Å². The molecular weight excluding hydrogens is 512 g/mol. The number of carboxylic acid groups (broad SMARTS) is 1. The summed E-state index contributed by atoms with van der Waals surface area (Å²) < 4.78 is 6.20. The van der Waals surface area contributed by atoms with Crippen molar-refractivity contribution in [3.63, 3.8) is 0 Å². The SMILES string of the molecule is Cc1c(OC[C@H](C)CC2Cc3ccccc3C23CCC(Nc2cccc(Cl)c2)(C(=O)O)CC3)ccnc1CO. The highest BCUT2D eigenvalue weighted by Gasteiger charge is 2.54. The van der Waals surface area contributed by atoms with Gasteiger partial charge < -0.3 is 20.3 Å². The van der Waals surface area contributed by atoms with Crippen molar-refractivity contribution in [3.05, 3.63) is 88.2 Å². The van der Waals surface area contributed by atoms with Crippen molar-refractivity contribution < 1.29 is 19.7 Å². The van der Waals surface area contributed by atoms with Crippen LogP contribution in [-0.4, -0.2) is 33.3 Å². The topological polar surface area (TPSA) is 91.7 Å². The molecule has 0 amide bonds. The number of hydrogen-bond donors (Lipinski definition) is 3. The standard InChI is InChI=1S/C32H37ClN2O4/c1-21(20-39-29-10-15-34-28(19-36)22(29)2)16-24-17-23-6-3-4-9-27(23)31(24)11-13-32(14-12-31,30(37)38)35-26-8-5-7-25(33)18-26/h3-10,15,18,21,24,35-36H,11-14,16-17,19-20H2,1-2H3,(H,37,38)/t21-,24?,31?,32?/m1/s1. The number of hydrogen-bond acceptors (Lipinski definition) is 5. The molecule has 2 aliphatic rings. The number of carbonyl (C=O) groups is 1. The molecule has 0 aliphatic heterocycles. The Hall–Kier alpha value is -3.09. The maximum absolute atomic E-state index is 12.6. The fourth-order valence-corrected chi connectivity index (χ4v) is 7.06. The van der Waals surface area contributed by atoms with Crippen LogP contribution in [0.4, 0.5) is 5.69 Å². The van der Waals surface area contributed by atoms with Gasteiger partial charge in [-0.1, -0.05) is 48.9 Å². The molecule has 1 saturated carbocycles. The smallest absolute Gasteiger partial charge is 0.329 e. The first-order valence-corrected chi connectivity index (χ1v) is 14.2. The molecule has 5 rings (SSSR count). The molecule has 1 spiro atoms. The highest BCUT2D eigenvalue weighted by molar-refractivity contribution is 6.30. The van der Waals surface area contributed by atoms with Crippen molar-refractivity contribution in [3.8, 4) is 5.75 Å². The van der Waals surface area contributed by atoms with Gasteiger partial charge in [-0.15, -0.1) is 0 Å². The van der Waals surface area contributed by atoms with Crippen LogP contribution in [0.15, 0.2) is 60.8 Å². The van der Waals surface area contributed by atoms with Crippen LogP contribution in [0.3, 0.4) is 0 Å². The summed E-state index contributed by atoms with van der Waals surface area (Å²) in [6.45, 7) is 4.63. The van der Waals surface area contributed by atoms with E-state index in [0.29, 0.717) is 42.0 Å². The van der Waals surface area contributed by atoms with Gasteiger partial charge in [0.05, 0.1) is 18.9 Å². The fraction of sp³-hybridized carbons (Fsp3) is 0.438. The normalized spacial score (nSPS) is 24.8. The predicted molar refractivity (Wildman–Crippen MR) is 153 cm³/mol. The van der Waals surface area contributed by atoms with Gasteiger partial charge in [-0.3, -0.25) is 4.98 Å². The fourth-order valence-electron chi connectivity index (χ4n) is 6.87. The molecule has 3 aromatic rings.